The second-order valence-electron chi connectivity index (χ2n) is 5.32. The highest BCUT2D eigenvalue weighted by atomic mass is 16.6. The molecule has 1 N–H and O–H groups in total. The van der Waals surface area contributed by atoms with Crippen LogP contribution in [0.5, 0.6) is 5.75 Å². The third-order valence-electron chi connectivity index (χ3n) is 3.57. The Kier molecular flexibility index (Phi) is 4.95. The van der Waals surface area contributed by atoms with Gasteiger partial charge in [0.05, 0.1) is 4.92 Å². The highest BCUT2D eigenvalue weighted by Gasteiger charge is 2.21. The molecule has 0 saturated heterocycles. The number of non-ortho nitro benzene ring substituents is 1. The lowest BCUT2D eigenvalue weighted by Gasteiger charge is -2.16. The van der Waals surface area contributed by atoms with Gasteiger partial charge in [-0.25, -0.2) is 4.79 Å². The van der Waals surface area contributed by atoms with Crippen molar-refractivity contribution in [2.45, 2.75) is 26.4 Å². The van der Waals surface area contributed by atoms with Gasteiger partial charge < -0.3 is 9.84 Å². The molecule has 1 unspecified atom stereocenters. The SMILES string of the molecule is Cc1ccc(OC(Cc2cccc([N+](=O)[O-])c2)C(=O)O)cc1C. The van der Waals surface area contributed by atoms with Gasteiger partial charge in [-0.3, -0.25) is 10.1 Å². The molecule has 0 spiro atoms. The third-order valence-corrected chi connectivity index (χ3v) is 3.57. The molecule has 0 saturated carbocycles. The number of hydrogen-bond donors (Lipinski definition) is 1. The Morgan fingerprint density at radius 1 is 1.22 bits per heavy atom. The van der Waals surface area contributed by atoms with Crippen LogP contribution in [0.1, 0.15) is 16.7 Å². The molecule has 23 heavy (non-hydrogen) atoms. The average molecular weight is 315 g/mol. The number of nitrogens with zero attached hydrogens (tertiary/aromatic N) is 1. The molecular weight excluding hydrogens is 298 g/mol. The molecule has 1 atom stereocenters. The standard InChI is InChI=1S/C17H17NO5/c1-11-6-7-15(8-12(11)2)23-16(17(19)20)10-13-4-3-5-14(9-13)18(21)22/h3-9,16H,10H2,1-2H3,(H,19,20). The molecule has 120 valence electrons. The molecule has 0 heterocycles. The Bertz CT molecular complexity index is 742. The number of aliphatic carboxylic acids is 1. The van der Waals surface area contributed by atoms with E-state index in [0.717, 1.165) is 11.1 Å². The van der Waals surface area contributed by atoms with Crippen LogP contribution in [-0.2, 0) is 11.2 Å². The van der Waals surface area contributed by atoms with E-state index < -0.39 is 17.0 Å². The molecule has 6 nitrogen and oxygen atoms in total. The summed E-state index contributed by atoms with van der Waals surface area (Å²) in [6, 6.07) is 11.2. The van der Waals surface area contributed by atoms with Gasteiger partial charge in [-0.15, -0.1) is 0 Å². The van der Waals surface area contributed by atoms with E-state index in [2.05, 4.69) is 0 Å². The van der Waals surface area contributed by atoms with E-state index in [1.807, 2.05) is 19.9 Å². The van der Waals surface area contributed by atoms with Crippen LogP contribution in [0, 0.1) is 24.0 Å². The van der Waals surface area contributed by atoms with E-state index in [9.17, 15) is 20.0 Å². The van der Waals surface area contributed by atoms with Crippen molar-refractivity contribution in [3.8, 4) is 5.75 Å². The van der Waals surface area contributed by atoms with Crippen molar-refractivity contribution in [2.75, 3.05) is 0 Å². The van der Waals surface area contributed by atoms with Crippen molar-refractivity contribution < 1.29 is 19.6 Å². The van der Waals surface area contributed by atoms with Crippen molar-refractivity contribution in [3.05, 3.63) is 69.3 Å². The van der Waals surface area contributed by atoms with Crippen molar-refractivity contribution >= 4 is 11.7 Å². The van der Waals surface area contributed by atoms with Gasteiger partial charge in [0.15, 0.2) is 6.10 Å². The van der Waals surface area contributed by atoms with E-state index in [0.29, 0.717) is 11.3 Å². The Labute approximate surface area is 133 Å². The summed E-state index contributed by atoms with van der Waals surface area (Å²) in [7, 11) is 0. The third kappa shape index (κ3) is 4.29. The second-order valence-corrected chi connectivity index (χ2v) is 5.32. The smallest absolute Gasteiger partial charge is 0.345 e. The summed E-state index contributed by atoms with van der Waals surface area (Å²) >= 11 is 0. The fraction of sp³-hybridized carbons (Fsp3) is 0.235. The topological polar surface area (TPSA) is 89.7 Å². The Morgan fingerprint density at radius 2 is 1.96 bits per heavy atom. The first kappa shape index (κ1) is 16.5. The van der Waals surface area contributed by atoms with E-state index in [4.69, 9.17) is 4.74 Å². The fourth-order valence-corrected chi connectivity index (χ4v) is 2.14. The Morgan fingerprint density at radius 3 is 2.57 bits per heavy atom. The van der Waals surface area contributed by atoms with Crippen molar-refractivity contribution in [3.63, 3.8) is 0 Å². The minimum atomic E-state index is -1.12. The summed E-state index contributed by atoms with van der Waals surface area (Å²) in [5, 5.41) is 20.1. The first-order valence-corrected chi connectivity index (χ1v) is 7.07. The molecule has 0 aliphatic rings. The van der Waals surface area contributed by atoms with Crippen molar-refractivity contribution in [1.82, 2.24) is 0 Å². The maximum absolute atomic E-state index is 11.4. The maximum atomic E-state index is 11.4. The quantitative estimate of drug-likeness (QED) is 0.652. The van der Waals surface area contributed by atoms with Gasteiger partial charge in [0.1, 0.15) is 5.75 Å². The maximum Gasteiger partial charge on any atom is 0.345 e. The highest BCUT2D eigenvalue weighted by molar-refractivity contribution is 5.73. The predicted octanol–water partition coefficient (Wildman–Crippen LogP) is 3.29. The van der Waals surface area contributed by atoms with Gasteiger partial charge in [-0.2, -0.15) is 0 Å². The van der Waals surface area contributed by atoms with Crippen LogP contribution >= 0.6 is 0 Å². The number of benzene rings is 2. The number of carboxylic acids is 1. The normalized spacial score (nSPS) is 11.7. The number of carbonyl (C=O) groups is 1. The van der Waals surface area contributed by atoms with E-state index in [1.54, 1.807) is 18.2 Å². The predicted molar refractivity (Wildman–Crippen MR) is 84.8 cm³/mol. The van der Waals surface area contributed by atoms with Crippen LogP contribution < -0.4 is 4.74 Å². The fourth-order valence-electron chi connectivity index (χ4n) is 2.14. The van der Waals surface area contributed by atoms with Gasteiger partial charge >= 0.3 is 5.97 Å². The van der Waals surface area contributed by atoms with Gasteiger partial charge in [-0.1, -0.05) is 18.2 Å². The van der Waals surface area contributed by atoms with Crippen LogP contribution in [0.25, 0.3) is 0 Å². The minimum Gasteiger partial charge on any atom is -0.478 e. The Hall–Kier alpha value is -2.89. The summed E-state index contributed by atoms with van der Waals surface area (Å²) < 4.78 is 5.55. The van der Waals surface area contributed by atoms with Gasteiger partial charge in [0.25, 0.3) is 5.69 Å². The number of ether oxygens (including phenoxy) is 1. The molecule has 0 aliphatic carbocycles. The lowest BCUT2D eigenvalue weighted by atomic mass is 10.1. The molecule has 0 aliphatic heterocycles. The molecule has 0 amide bonds. The van der Waals surface area contributed by atoms with E-state index in [1.165, 1.54) is 18.2 Å². The lowest BCUT2D eigenvalue weighted by molar-refractivity contribution is -0.384. The molecule has 0 bridgehead atoms. The van der Waals surface area contributed by atoms with E-state index >= 15 is 0 Å². The Balaban J connectivity index is 2.18. The molecule has 2 aromatic carbocycles. The van der Waals surface area contributed by atoms with Gasteiger partial charge in [-0.05, 0) is 42.7 Å². The molecule has 0 aromatic heterocycles. The van der Waals surface area contributed by atoms with Crippen molar-refractivity contribution in [2.24, 2.45) is 0 Å². The first-order chi connectivity index (χ1) is 10.9. The van der Waals surface area contributed by atoms with Crippen molar-refractivity contribution in [1.29, 1.82) is 0 Å². The highest BCUT2D eigenvalue weighted by Crippen LogP contribution is 2.20. The number of aryl methyl sites for hydroxylation is 2. The largest absolute Gasteiger partial charge is 0.478 e. The zero-order chi connectivity index (χ0) is 17.0. The lowest BCUT2D eigenvalue weighted by Crippen LogP contribution is -2.29. The molecule has 2 aromatic rings. The summed E-state index contributed by atoms with van der Waals surface area (Å²) in [6.07, 6.45) is -1.07. The van der Waals surface area contributed by atoms with Crippen LogP contribution in [-0.4, -0.2) is 22.1 Å². The monoisotopic (exact) mass is 315 g/mol. The van der Waals surface area contributed by atoms with Gasteiger partial charge in [0.2, 0.25) is 0 Å². The number of hydrogen-bond acceptors (Lipinski definition) is 4. The van der Waals surface area contributed by atoms with Gasteiger partial charge in [0, 0.05) is 18.6 Å². The minimum absolute atomic E-state index is 0.0456. The zero-order valence-electron chi connectivity index (χ0n) is 12.9. The van der Waals surface area contributed by atoms with Crippen LogP contribution in [0.15, 0.2) is 42.5 Å². The summed E-state index contributed by atoms with van der Waals surface area (Å²) in [5.74, 6) is -0.652. The summed E-state index contributed by atoms with van der Waals surface area (Å²) in [6.45, 7) is 3.87. The zero-order valence-corrected chi connectivity index (χ0v) is 12.9. The van der Waals surface area contributed by atoms with Crippen LogP contribution in [0.2, 0.25) is 0 Å². The molecule has 2 rings (SSSR count). The average Bonchev–Trinajstić information content (AvgIpc) is 2.50. The number of carboxylic acid groups (broad SMARTS) is 1. The number of rotatable bonds is 6. The molecule has 0 radical (unpaired) electrons. The van der Waals surface area contributed by atoms with E-state index in [-0.39, 0.29) is 12.1 Å². The van der Waals surface area contributed by atoms with Crippen LogP contribution in [0.4, 0.5) is 5.69 Å². The molecule has 0 fully saturated rings. The number of nitro benzene ring substituents is 1. The molecular formula is C17H17NO5. The first-order valence-electron chi connectivity index (χ1n) is 7.07. The summed E-state index contributed by atoms with van der Waals surface area (Å²) in [5.41, 5.74) is 2.55. The summed E-state index contributed by atoms with van der Waals surface area (Å²) in [4.78, 5) is 21.7. The second kappa shape index (κ2) is 6.91. The number of nitro groups is 1. The molecule has 6 heteroatoms. The van der Waals surface area contributed by atoms with Crippen LogP contribution in [0.3, 0.4) is 0 Å².